The minimum absolute atomic E-state index is 0.108. The van der Waals surface area contributed by atoms with Gasteiger partial charge in [0.15, 0.2) is 0 Å². The maximum absolute atomic E-state index is 12.3. The molecule has 2 N–H and O–H groups in total. The van der Waals surface area contributed by atoms with Crippen molar-refractivity contribution in [3.8, 4) is 5.75 Å². The molecule has 4 heteroatoms. The lowest BCUT2D eigenvalue weighted by Crippen LogP contribution is -2.18. The molecule has 0 aromatic heterocycles. The smallest absolute Gasteiger partial charge is 0.394 e. The predicted molar refractivity (Wildman–Crippen MR) is 58.1 cm³/mol. The lowest BCUT2D eigenvalue weighted by Gasteiger charge is -2.12. The van der Waals surface area contributed by atoms with E-state index in [-0.39, 0.29) is 5.75 Å². The Morgan fingerprint density at radius 3 is 1.93 bits per heavy atom. The second-order valence-electron chi connectivity index (χ2n) is 3.19. The van der Waals surface area contributed by atoms with Crippen LogP contribution in [0.1, 0.15) is 27.2 Å². The molecule has 0 saturated heterocycles. The Hall–Kier alpha value is -1.32. The monoisotopic (exact) mass is 217 g/mol. The fraction of sp³-hybridized carbons (Fsp3) is 0.455. The van der Waals surface area contributed by atoms with Gasteiger partial charge in [-0.2, -0.15) is 8.78 Å². The molecule has 0 radical (unpaired) electrons. The number of halogens is 2. The highest BCUT2D eigenvalue weighted by Gasteiger charge is 2.22. The summed E-state index contributed by atoms with van der Waals surface area (Å²) in [5.41, 5.74) is 5.86. The van der Waals surface area contributed by atoms with E-state index in [9.17, 15) is 8.78 Å². The first kappa shape index (κ1) is 13.7. The van der Waals surface area contributed by atoms with Gasteiger partial charge in [0.2, 0.25) is 0 Å². The number of anilines is 1. The average Bonchev–Trinajstić information content (AvgIpc) is 2.08. The zero-order valence-corrected chi connectivity index (χ0v) is 9.26. The molecule has 0 atom stereocenters. The largest absolute Gasteiger partial charge is 0.433 e. The summed E-state index contributed by atoms with van der Waals surface area (Å²) in [6.45, 7) is 4.93. The van der Waals surface area contributed by atoms with Gasteiger partial charge in [0, 0.05) is 12.6 Å². The molecule has 2 nitrogen and oxygen atoms in total. The molecule has 0 bridgehead atoms. The molecular weight excluding hydrogens is 200 g/mol. The molecule has 0 amide bonds. The van der Waals surface area contributed by atoms with E-state index in [4.69, 9.17) is 5.73 Å². The van der Waals surface area contributed by atoms with E-state index in [0.29, 0.717) is 12.6 Å². The van der Waals surface area contributed by atoms with Crippen molar-refractivity contribution in [2.75, 3.05) is 5.73 Å². The number of ether oxygens (including phenoxy) is 1. The Morgan fingerprint density at radius 1 is 1.20 bits per heavy atom. The van der Waals surface area contributed by atoms with Crippen LogP contribution in [0.15, 0.2) is 24.3 Å². The highest BCUT2D eigenvalue weighted by Crippen LogP contribution is 2.21. The summed E-state index contributed by atoms with van der Waals surface area (Å²) in [6.07, 6.45) is -1.89. The predicted octanol–water partition coefficient (Wildman–Crippen LogP) is 3.68. The zero-order chi connectivity index (χ0) is 11.9. The number of hydrogen-bond donors (Lipinski definition) is 1. The third-order valence-corrected chi connectivity index (χ3v) is 1.18. The van der Waals surface area contributed by atoms with Gasteiger partial charge in [0.25, 0.3) is 0 Å². The first-order valence-corrected chi connectivity index (χ1v) is 4.81. The lowest BCUT2D eigenvalue weighted by molar-refractivity contribution is -0.158. The van der Waals surface area contributed by atoms with E-state index in [1.807, 2.05) is 0 Å². The molecular formula is C11H17F2NO. The van der Waals surface area contributed by atoms with Crippen LogP contribution in [-0.2, 0) is 0 Å². The minimum Gasteiger partial charge on any atom is -0.433 e. The first-order chi connectivity index (χ1) is 6.89. The minimum atomic E-state index is -3.14. The molecule has 0 heterocycles. The van der Waals surface area contributed by atoms with Crippen molar-refractivity contribution in [3.05, 3.63) is 24.3 Å². The number of rotatable bonds is 2. The number of alkyl halides is 2. The highest BCUT2D eigenvalue weighted by atomic mass is 19.3. The van der Waals surface area contributed by atoms with E-state index < -0.39 is 6.11 Å². The van der Waals surface area contributed by atoms with Crippen molar-refractivity contribution in [1.29, 1.82) is 0 Å². The fourth-order valence-electron chi connectivity index (χ4n) is 0.743. The second kappa shape index (κ2) is 6.22. The Bertz CT molecular complexity index is 267. The van der Waals surface area contributed by atoms with Crippen LogP contribution in [0.4, 0.5) is 14.5 Å². The van der Waals surface area contributed by atoms with E-state index in [0.717, 1.165) is 0 Å². The van der Waals surface area contributed by atoms with Gasteiger partial charge in [-0.3, -0.25) is 0 Å². The summed E-state index contributed by atoms with van der Waals surface area (Å²) in [6, 6.07) is 5.79. The van der Waals surface area contributed by atoms with Crippen LogP contribution in [0, 0.1) is 0 Å². The molecule has 0 fully saturated rings. The fourth-order valence-corrected chi connectivity index (χ4v) is 0.743. The van der Waals surface area contributed by atoms with E-state index in [2.05, 4.69) is 18.6 Å². The van der Waals surface area contributed by atoms with Crippen LogP contribution < -0.4 is 10.5 Å². The Labute approximate surface area is 89.0 Å². The SMILES string of the molecule is CC(F)(F)Oc1ccc(N)cc1.CCC. The van der Waals surface area contributed by atoms with Crippen LogP contribution >= 0.6 is 0 Å². The molecule has 1 aromatic rings. The van der Waals surface area contributed by atoms with Crippen LogP contribution in [0.25, 0.3) is 0 Å². The summed E-state index contributed by atoms with van der Waals surface area (Å²) < 4.78 is 28.8. The van der Waals surface area contributed by atoms with Gasteiger partial charge in [0.1, 0.15) is 5.75 Å². The van der Waals surface area contributed by atoms with Gasteiger partial charge in [0.05, 0.1) is 0 Å². The van der Waals surface area contributed by atoms with Gasteiger partial charge in [-0.15, -0.1) is 0 Å². The van der Waals surface area contributed by atoms with Crippen molar-refractivity contribution < 1.29 is 13.5 Å². The third kappa shape index (κ3) is 7.73. The summed E-state index contributed by atoms with van der Waals surface area (Å²) in [4.78, 5) is 0. The zero-order valence-electron chi connectivity index (χ0n) is 9.26. The van der Waals surface area contributed by atoms with Gasteiger partial charge >= 0.3 is 6.11 Å². The number of nitrogen functional groups attached to an aromatic ring is 1. The van der Waals surface area contributed by atoms with Crippen molar-refractivity contribution in [3.63, 3.8) is 0 Å². The Morgan fingerprint density at radius 2 is 1.60 bits per heavy atom. The Kier molecular flexibility index (Phi) is 5.67. The van der Waals surface area contributed by atoms with Crippen molar-refractivity contribution in [2.45, 2.75) is 33.3 Å². The number of nitrogens with two attached hydrogens (primary N) is 1. The van der Waals surface area contributed by atoms with Crippen molar-refractivity contribution >= 4 is 5.69 Å². The quantitative estimate of drug-likeness (QED) is 0.767. The van der Waals surface area contributed by atoms with Gasteiger partial charge in [-0.1, -0.05) is 20.3 Å². The van der Waals surface area contributed by atoms with E-state index in [1.165, 1.54) is 30.7 Å². The molecule has 0 spiro atoms. The molecule has 15 heavy (non-hydrogen) atoms. The molecule has 0 unspecified atom stereocenters. The summed E-state index contributed by atoms with van der Waals surface area (Å²) in [5, 5.41) is 0. The molecule has 0 aliphatic heterocycles. The van der Waals surface area contributed by atoms with Gasteiger partial charge < -0.3 is 10.5 Å². The first-order valence-electron chi connectivity index (χ1n) is 4.81. The molecule has 0 saturated carbocycles. The van der Waals surface area contributed by atoms with Crippen LogP contribution in [0.5, 0.6) is 5.75 Å². The highest BCUT2D eigenvalue weighted by molar-refractivity contribution is 5.41. The summed E-state index contributed by atoms with van der Waals surface area (Å²) in [5.74, 6) is 0.108. The maximum atomic E-state index is 12.3. The Balaban J connectivity index is 0.000000583. The van der Waals surface area contributed by atoms with Crippen LogP contribution in [0.3, 0.4) is 0 Å². The molecule has 0 aliphatic carbocycles. The lowest BCUT2D eigenvalue weighted by atomic mass is 10.3. The number of benzene rings is 1. The molecule has 0 aliphatic rings. The van der Waals surface area contributed by atoms with E-state index in [1.54, 1.807) is 0 Å². The van der Waals surface area contributed by atoms with Gasteiger partial charge in [-0.25, -0.2) is 0 Å². The summed E-state index contributed by atoms with van der Waals surface area (Å²) >= 11 is 0. The average molecular weight is 217 g/mol. The van der Waals surface area contributed by atoms with Crippen LogP contribution in [0.2, 0.25) is 0 Å². The standard InChI is InChI=1S/C8H9F2NO.C3H8/c1-8(9,10)12-7-4-2-6(11)3-5-7;1-3-2/h2-5H,11H2,1H3;3H2,1-2H3. The second-order valence-corrected chi connectivity index (χ2v) is 3.19. The third-order valence-electron chi connectivity index (χ3n) is 1.18. The normalized spacial score (nSPS) is 10.2. The van der Waals surface area contributed by atoms with Gasteiger partial charge in [-0.05, 0) is 24.3 Å². The topological polar surface area (TPSA) is 35.2 Å². The molecule has 1 aromatic carbocycles. The van der Waals surface area contributed by atoms with Crippen LogP contribution in [-0.4, -0.2) is 6.11 Å². The van der Waals surface area contributed by atoms with Crippen molar-refractivity contribution in [2.24, 2.45) is 0 Å². The molecule has 1 rings (SSSR count). The van der Waals surface area contributed by atoms with E-state index >= 15 is 0 Å². The maximum Gasteiger partial charge on any atom is 0.394 e. The molecule has 86 valence electrons. The summed E-state index contributed by atoms with van der Waals surface area (Å²) in [7, 11) is 0. The van der Waals surface area contributed by atoms with Crippen molar-refractivity contribution in [1.82, 2.24) is 0 Å². The number of hydrogen-bond acceptors (Lipinski definition) is 2.